The zero-order valence-electron chi connectivity index (χ0n) is 41.0. The highest BCUT2D eigenvalue weighted by atomic mass is 32.2. The fourth-order valence-electron chi connectivity index (χ4n) is 7.25. The molecular weight excluding hydrogens is 1070 g/mol. The minimum atomic E-state index is -0.546. The van der Waals surface area contributed by atoms with Crippen LogP contribution in [0.5, 0.6) is 0 Å². The number of nitrogens with zero attached hydrogens (tertiary/aromatic N) is 6. The highest BCUT2D eigenvalue weighted by Gasteiger charge is 2.31. The number of urea groups is 3. The van der Waals surface area contributed by atoms with Gasteiger partial charge in [-0.15, -0.1) is 35.3 Å². The number of benzene rings is 6. The van der Waals surface area contributed by atoms with Crippen LogP contribution in [0.3, 0.4) is 0 Å². The molecule has 0 atom stereocenters. The van der Waals surface area contributed by atoms with Crippen molar-refractivity contribution in [2.75, 3.05) is 69.2 Å². The number of hydrogen-bond donors (Lipinski definition) is 6. The van der Waals surface area contributed by atoms with Crippen molar-refractivity contribution < 1.29 is 43.5 Å². The lowest BCUT2D eigenvalue weighted by atomic mass is 10.3. The van der Waals surface area contributed by atoms with Crippen LogP contribution in [0.25, 0.3) is 0 Å². The molecule has 6 aromatic carbocycles. The predicted molar refractivity (Wildman–Crippen MR) is 298 cm³/mol. The summed E-state index contributed by atoms with van der Waals surface area (Å²) in [6.07, 6.45) is 0.265. The van der Waals surface area contributed by atoms with Gasteiger partial charge in [-0.3, -0.25) is 44.7 Å². The van der Waals surface area contributed by atoms with Gasteiger partial charge in [0.1, 0.15) is 0 Å². The van der Waals surface area contributed by atoms with E-state index in [0.717, 1.165) is 14.7 Å². The molecular formula is C51H48N12O12S3. The third-order valence-electron chi connectivity index (χ3n) is 11.2. The van der Waals surface area contributed by atoms with E-state index in [4.69, 9.17) is 0 Å². The van der Waals surface area contributed by atoms with Crippen molar-refractivity contribution in [3.8, 4) is 0 Å². The van der Waals surface area contributed by atoms with Crippen molar-refractivity contribution in [3.05, 3.63) is 176 Å². The Morgan fingerprint density at radius 2 is 0.538 bits per heavy atom. The number of nitro benzene ring substituents is 3. The van der Waals surface area contributed by atoms with Gasteiger partial charge in [-0.05, 0) is 109 Å². The molecule has 6 aromatic rings. The monoisotopic (exact) mass is 1120 g/mol. The molecule has 0 saturated carbocycles. The van der Waals surface area contributed by atoms with Crippen LogP contribution in [0, 0.1) is 30.3 Å². The Labute approximate surface area is 457 Å². The largest absolute Gasteiger partial charge is 0.323 e. The van der Waals surface area contributed by atoms with E-state index >= 15 is 0 Å². The number of carbonyl (C=O) groups is 6. The van der Waals surface area contributed by atoms with Gasteiger partial charge in [-0.1, -0.05) is 0 Å². The molecule has 0 aliphatic carbocycles. The second-order valence-electron chi connectivity index (χ2n) is 16.7. The third kappa shape index (κ3) is 17.4. The van der Waals surface area contributed by atoms with Gasteiger partial charge in [0.15, 0.2) is 0 Å². The van der Waals surface area contributed by atoms with Gasteiger partial charge in [0.25, 0.3) is 17.1 Å². The first-order valence-electron chi connectivity index (χ1n) is 23.5. The Bertz CT molecular complexity index is 2800. The minimum absolute atomic E-state index is 0.0254. The Hall–Kier alpha value is -9.21. The summed E-state index contributed by atoms with van der Waals surface area (Å²) >= 11 is 4.22. The molecule has 1 saturated heterocycles. The predicted octanol–water partition coefficient (Wildman–Crippen LogP) is 10.6. The molecule has 24 nitrogen and oxygen atoms in total. The second kappa shape index (κ2) is 27.5. The van der Waals surface area contributed by atoms with E-state index in [9.17, 15) is 59.1 Å². The smallest absolute Gasteiger partial charge is 0.308 e. The zero-order valence-corrected chi connectivity index (χ0v) is 43.5. The molecule has 78 heavy (non-hydrogen) atoms. The molecule has 7 rings (SSSR count). The van der Waals surface area contributed by atoms with Crippen molar-refractivity contribution in [2.45, 2.75) is 33.9 Å². The van der Waals surface area contributed by atoms with Crippen LogP contribution in [0.4, 0.5) is 65.6 Å². The first-order chi connectivity index (χ1) is 37.5. The molecule has 0 spiro atoms. The maximum Gasteiger partial charge on any atom is 0.323 e. The molecule has 1 fully saturated rings. The number of carbonyl (C=O) groups excluding carboxylic acids is 6. The molecule has 1 aliphatic heterocycles. The quantitative estimate of drug-likeness (QED) is 0.0222. The van der Waals surface area contributed by atoms with Crippen LogP contribution in [0.1, 0.15) is 19.3 Å². The second-order valence-corrected chi connectivity index (χ2v) is 20.2. The average Bonchev–Trinajstić information content (AvgIpc) is 3.42. The molecule has 27 heteroatoms. The van der Waals surface area contributed by atoms with E-state index in [1.165, 1.54) is 123 Å². The van der Waals surface area contributed by atoms with E-state index in [2.05, 4.69) is 31.9 Å². The molecule has 0 unspecified atom stereocenters. The maximum atomic E-state index is 13.8. The lowest BCUT2D eigenvalue weighted by Gasteiger charge is -2.42. The first-order valence-corrected chi connectivity index (χ1v) is 26.5. The summed E-state index contributed by atoms with van der Waals surface area (Å²) in [5, 5.41) is 48.7. The van der Waals surface area contributed by atoms with E-state index in [0.29, 0.717) is 51.4 Å². The SMILES string of the molecule is O=C(Nc1ccc(SCCC(=O)N2CN(C(=O)CCSc3ccc(NC(=O)Nc4ccc([N+](=O)[O-])cc4)cc3)CN(C(=O)CCSc3ccc(NC(=O)Nc4ccc([N+](=O)[O-])cc4)cc3)C2)cc1)Nc1ccc([N+](=O)[O-])cc1. The highest BCUT2D eigenvalue weighted by molar-refractivity contribution is 7.99. The van der Waals surface area contributed by atoms with Gasteiger partial charge >= 0.3 is 18.1 Å². The van der Waals surface area contributed by atoms with Gasteiger partial charge in [0.2, 0.25) is 17.7 Å². The average molecular weight is 1120 g/mol. The molecule has 0 radical (unpaired) electrons. The summed E-state index contributed by atoms with van der Waals surface area (Å²) < 4.78 is 0. The number of amides is 9. The molecule has 1 heterocycles. The van der Waals surface area contributed by atoms with E-state index in [-0.39, 0.29) is 74.1 Å². The Morgan fingerprint density at radius 3 is 0.731 bits per heavy atom. The fourth-order valence-corrected chi connectivity index (χ4v) is 9.77. The summed E-state index contributed by atoms with van der Waals surface area (Å²) in [6, 6.07) is 35.4. The lowest BCUT2D eigenvalue weighted by molar-refractivity contribution is -0.385. The Kier molecular flexibility index (Phi) is 20.0. The van der Waals surface area contributed by atoms with Crippen molar-refractivity contribution in [3.63, 3.8) is 0 Å². The number of nitro groups is 3. The summed E-state index contributed by atoms with van der Waals surface area (Å²) in [6.45, 7) is -0.0761. The molecule has 402 valence electrons. The summed E-state index contributed by atoms with van der Waals surface area (Å²) in [7, 11) is 0. The van der Waals surface area contributed by atoms with Crippen molar-refractivity contribution in [1.82, 2.24) is 14.7 Å². The Morgan fingerprint density at radius 1 is 0.346 bits per heavy atom. The standard InChI is InChI=1S/C51H48N12O12S3/c64-46(25-28-76-43-19-7-37(8-20-43)55-49(67)52-34-1-13-40(14-2-34)61(70)71)58-31-59(47(65)26-29-77-44-21-9-38(10-22-44)56-50(68)53-35-3-15-41(16-4-35)62(72)73)33-60(32-58)48(66)27-30-78-45-23-11-39(12-24-45)57-51(69)54-36-5-17-42(18-6-36)63(74)75/h1-24H,25-33H2,(H2,52,55,67)(H2,53,56,68)(H2,54,57,69). The van der Waals surface area contributed by atoms with Gasteiger partial charge in [0.05, 0.1) is 34.8 Å². The number of thioether (sulfide) groups is 3. The third-order valence-corrected chi connectivity index (χ3v) is 14.2. The van der Waals surface area contributed by atoms with Gasteiger partial charge in [0, 0.05) is 122 Å². The number of nitrogens with one attached hydrogen (secondary N) is 6. The minimum Gasteiger partial charge on any atom is -0.308 e. The lowest BCUT2D eigenvalue weighted by Crippen LogP contribution is -2.59. The number of anilines is 6. The van der Waals surface area contributed by atoms with Crippen LogP contribution in [0.15, 0.2) is 160 Å². The normalized spacial score (nSPS) is 11.9. The zero-order chi connectivity index (χ0) is 55.6. The first kappa shape index (κ1) is 56.5. The van der Waals surface area contributed by atoms with E-state index < -0.39 is 32.9 Å². The number of non-ortho nitro benzene ring substituents is 3. The van der Waals surface area contributed by atoms with Crippen LogP contribution >= 0.6 is 35.3 Å². The molecule has 1 aliphatic rings. The van der Waals surface area contributed by atoms with Crippen LogP contribution in [-0.4, -0.2) is 103 Å². The van der Waals surface area contributed by atoms with Crippen LogP contribution in [0.2, 0.25) is 0 Å². The van der Waals surface area contributed by atoms with Crippen molar-refractivity contribution in [2.24, 2.45) is 0 Å². The maximum absolute atomic E-state index is 13.8. The van der Waals surface area contributed by atoms with E-state index in [1.807, 2.05) is 0 Å². The van der Waals surface area contributed by atoms with E-state index in [1.54, 1.807) is 72.8 Å². The molecule has 6 N–H and O–H groups in total. The van der Waals surface area contributed by atoms with Gasteiger partial charge in [-0.25, -0.2) is 14.4 Å². The molecule has 9 amide bonds. The Balaban J connectivity index is 0.897. The van der Waals surface area contributed by atoms with Gasteiger partial charge in [-0.2, -0.15) is 0 Å². The number of hydrogen-bond acceptors (Lipinski definition) is 15. The van der Waals surface area contributed by atoms with Crippen molar-refractivity contribution >= 4 is 122 Å². The number of rotatable bonds is 21. The topological polar surface area (TPSA) is 314 Å². The summed E-state index contributed by atoms with van der Waals surface area (Å²) in [5.41, 5.74) is 2.25. The van der Waals surface area contributed by atoms with Gasteiger partial charge < -0.3 is 46.6 Å². The molecule has 0 aromatic heterocycles. The highest BCUT2D eigenvalue weighted by Crippen LogP contribution is 2.27. The summed E-state index contributed by atoms with van der Waals surface area (Å²) in [4.78, 5) is 117. The fraction of sp³-hybridized carbons (Fsp3) is 0.176. The summed E-state index contributed by atoms with van der Waals surface area (Å²) in [5.74, 6) is 0.300. The van der Waals surface area contributed by atoms with Crippen molar-refractivity contribution in [1.29, 1.82) is 0 Å². The van der Waals surface area contributed by atoms with Crippen LogP contribution < -0.4 is 31.9 Å². The van der Waals surface area contributed by atoms with Crippen LogP contribution in [-0.2, 0) is 14.4 Å². The molecule has 0 bridgehead atoms.